The van der Waals surface area contributed by atoms with Crippen molar-refractivity contribution in [3.05, 3.63) is 12.7 Å². The number of amides is 1. The lowest BCUT2D eigenvalue weighted by molar-refractivity contribution is -0.127. The second-order valence-electron chi connectivity index (χ2n) is 3.75. The summed E-state index contributed by atoms with van der Waals surface area (Å²) in [5.41, 5.74) is 0. The highest BCUT2D eigenvalue weighted by atomic mass is 16.2. The standard InChI is InChI=1S/C10H18N2O/c1-4-10(13)12-7-5-6-9(8-12)11(2)3/h4,9H,1,5-8H2,2-3H3/t9-/m1/s1. The molecule has 0 aromatic carbocycles. The second-order valence-corrected chi connectivity index (χ2v) is 3.75. The van der Waals surface area contributed by atoms with Crippen molar-refractivity contribution in [2.24, 2.45) is 0 Å². The molecule has 0 aliphatic carbocycles. The highest BCUT2D eigenvalue weighted by molar-refractivity contribution is 5.87. The Kier molecular flexibility index (Phi) is 3.48. The van der Waals surface area contributed by atoms with Crippen LogP contribution in [-0.2, 0) is 4.79 Å². The quantitative estimate of drug-likeness (QED) is 0.588. The Balaban J connectivity index is 2.51. The fraction of sp³-hybridized carbons (Fsp3) is 0.700. The number of likely N-dealkylation sites (tertiary alicyclic amines) is 1. The van der Waals surface area contributed by atoms with Crippen LogP contribution in [0.4, 0.5) is 0 Å². The zero-order valence-corrected chi connectivity index (χ0v) is 8.49. The van der Waals surface area contributed by atoms with Crippen molar-refractivity contribution in [2.45, 2.75) is 18.9 Å². The largest absolute Gasteiger partial charge is 0.338 e. The first-order valence-corrected chi connectivity index (χ1v) is 4.73. The molecule has 3 nitrogen and oxygen atoms in total. The number of hydrogen-bond donors (Lipinski definition) is 0. The maximum atomic E-state index is 11.3. The number of hydrogen-bond acceptors (Lipinski definition) is 2. The molecule has 1 saturated heterocycles. The molecule has 13 heavy (non-hydrogen) atoms. The van der Waals surface area contributed by atoms with Crippen molar-refractivity contribution in [3.63, 3.8) is 0 Å². The number of likely N-dealkylation sites (N-methyl/N-ethyl adjacent to an activating group) is 1. The van der Waals surface area contributed by atoms with E-state index >= 15 is 0 Å². The predicted molar refractivity (Wildman–Crippen MR) is 53.5 cm³/mol. The van der Waals surface area contributed by atoms with Crippen molar-refractivity contribution in [2.75, 3.05) is 27.2 Å². The van der Waals surface area contributed by atoms with Gasteiger partial charge < -0.3 is 9.80 Å². The molecule has 0 saturated carbocycles. The molecule has 0 radical (unpaired) electrons. The topological polar surface area (TPSA) is 23.6 Å². The highest BCUT2D eigenvalue weighted by Gasteiger charge is 2.22. The van der Waals surface area contributed by atoms with E-state index < -0.39 is 0 Å². The Bertz CT molecular complexity index is 201. The molecule has 0 aromatic heterocycles. The van der Waals surface area contributed by atoms with E-state index in [0.29, 0.717) is 6.04 Å². The minimum Gasteiger partial charge on any atom is -0.338 e. The van der Waals surface area contributed by atoms with Gasteiger partial charge in [-0.25, -0.2) is 0 Å². The molecule has 3 heteroatoms. The van der Waals surface area contributed by atoms with Crippen molar-refractivity contribution in [1.29, 1.82) is 0 Å². The molecule has 1 amide bonds. The van der Waals surface area contributed by atoms with Gasteiger partial charge in [0.05, 0.1) is 0 Å². The molecular weight excluding hydrogens is 164 g/mol. The van der Waals surface area contributed by atoms with E-state index in [4.69, 9.17) is 0 Å². The zero-order chi connectivity index (χ0) is 9.84. The third kappa shape index (κ3) is 2.56. The van der Waals surface area contributed by atoms with Crippen molar-refractivity contribution < 1.29 is 4.79 Å². The molecule has 0 spiro atoms. The second kappa shape index (κ2) is 4.42. The van der Waals surface area contributed by atoms with Gasteiger partial charge in [0.1, 0.15) is 0 Å². The molecule has 0 N–H and O–H groups in total. The van der Waals surface area contributed by atoms with E-state index in [2.05, 4.69) is 25.6 Å². The van der Waals surface area contributed by atoms with Crippen LogP contribution in [0.1, 0.15) is 12.8 Å². The normalized spacial score (nSPS) is 23.3. The first-order chi connectivity index (χ1) is 6.15. The molecule has 1 atom stereocenters. The summed E-state index contributed by atoms with van der Waals surface area (Å²) in [6, 6.07) is 0.512. The van der Waals surface area contributed by atoms with Gasteiger partial charge in [-0.3, -0.25) is 4.79 Å². The van der Waals surface area contributed by atoms with Gasteiger partial charge in [-0.15, -0.1) is 0 Å². The lowest BCUT2D eigenvalue weighted by Gasteiger charge is -2.35. The average Bonchev–Trinajstić information content (AvgIpc) is 2.17. The smallest absolute Gasteiger partial charge is 0.246 e. The summed E-state index contributed by atoms with van der Waals surface area (Å²) in [6.07, 6.45) is 3.69. The van der Waals surface area contributed by atoms with Crippen LogP contribution in [0.25, 0.3) is 0 Å². The Morgan fingerprint density at radius 3 is 2.85 bits per heavy atom. The summed E-state index contributed by atoms with van der Waals surface area (Å²) in [5.74, 6) is 0.0616. The van der Waals surface area contributed by atoms with Gasteiger partial charge in [-0.2, -0.15) is 0 Å². The van der Waals surface area contributed by atoms with Crippen LogP contribution in [0.3, 0.4) is 0 Å². The number of rotatable bonds is 2. The molecular formula is C10H18N2O. The van der Waals surface area contributed by atoms with Crippen molar-refractivity contribution in [1.82, 2.24) is 9.80 Å². The third-order valence-electron chi connectivity index (χ3n) is 2.61. The molecule has 0 bridgehead atoms. The monoisotopic (exact) mass is 182 g/mol. The van der Waals surface area contributed by atoms with Crippen LogP contribution in [0.5, 0.6) is 0 Å². The average molecular weight is 182 g/mol. The minimum atomic E-state index is 0.0616. The highest BCUT2D eigenvalue weighted by Crippen LogP contribution is 2.13. The maximum Gasteiger partial charge on any atom is 0.246 e. The molecule has 0 aromatic rings. The number of carbonyl (C=O) groups excluding carboxylic acids is 1. The lowest BCUT2D eigenvalue weighted by Crippen LogP contribution is -2.46. The molecule has 1 rings (SSSR count). The van der Waals surface area contributed by atoms with Gasteiger partial charge in [0.25, 0.3) is 0 Å². The number of nitrogens with zero attached hydrogens (tertiary/aromatic N) is 2. The summed E-state index contributed by atoms with van der Waals surface area (Å²) in [7, 11) is 4.12. The third-order valence-corrected chi connectivity index (χ3v) is 2.61. The SMILES string of the molecule is C=CC(=O)N1CCC[C@@H](N(C)C)C1. The molecule has 1 fully saturated rings. The lowest BCUT2D eigenvalue weighted by atomic mass is 10.1. The van der Waals surface area contributed by atoms with Crippen LogP contribution >= 0.6 is 0 Å². The molecule has 1 aliphatic heterocycles. The minimum absolute atomic E-state index is 0.0616. The first kappa shape index (κ1) is 10.3. The first-order valence-electron chi connectivity index (χ1n) is 4.73. The van der Waals surface area contributed by atoms with Gasteiger partial charge in [-0.05, 0) is 33.0 Å². The Labute approximate surface area is 80.0 Å². The van der Waals surface area contributed by atoms with Crippen LogP contribution in [0, 0.1) is 0 Å². The maximum absolute atomic E-state index is 11.3. The fourth-order valence-electron chi connectivity index (χ4n) is 1.71. The Morgan fingerprint density at radius 1 is 1.62 bits per heavy atom. The molecule has 74 valence electrons. The fourth-order valence-corrected chi connectivity index (χ4v) is 1.71. The van der Waals surface area contributed by atoms with Crippen LogP contribution in [-0.4, -0.2) is 48.9 Å². The molecule has 1 heterocycles. The summed E-state index contributed by atoms with van der Waals surface area (Å²) in [4.78, 5) is 15.4. The summed E-state index contributed by atoms with van der Waals surface area (Å²) in [5, 5.41) is 0. The summed E-state index contributed by atoms with van der Waals surface area (Å²) < 4.78 is 0. The van der Waals surface area contributed by atoms with E-state index in [1.165, 1.54) is 12.5 Å². The van der Waals surface area contributed by atoms with E-state index in [1.807, 2.05) is 4.90 Å². The zero-order valence-electron chi connectivity index (χ0n) is 8.49. The van der Waals surface area contributed by atoms with E-state index in [0.717, 1.165) is 19.5 Å². The van der Waals surface area contributed by atoms with E-state index in [9.17, 15) is 4.79 Å². The van der Waals surface area contributed by atoms with Gasteiger partial charge in [-0.1, -0.05) is 6.58 Å². The Morgan fingerprint density at radius 2 is 2.31 bits per heavy atom. The van der Waals surface area contributed by atoms with Crippen LogP contribution in [0.15, 0.2) is 12.7 Å². The molecule has 0 unspecified atom stereocenters. The predicted octanol–water partition coefficient (Wildman–Crippen LogP) is 0.725. The van der Waals surface area contributed by atoms with Gasteiger partial charge in [0.15, 0.2) is 0 Å². The number of piperidine rings is 1. The number of carbonyl (C=O) groups is 1. The van der Waals surface area contributed by atoms with Crippen LogP contribution in [0.2, 0.25) is 0 Å². The van der Waals surface area contributed by atoms with Crippen LogP contribution < -0.4 is 0 Å². The van der Waals surface area contributed by atoms with E-state index in [1.54, 1.807) is 0 Å². The van der Waals surface area contributed by atoms with Gasteiger partial charge in [0, 0.05) is 19.1 Å². The molecule has 1 aliphatic rings. The van der Waals surface area contributed by atoms with Gasteiger partial charge >= 0.3 is 0 Å². The van der Waals surface area contributed by atoms with E-state index in [-0.39, 0.29) is 5.91 Å². The van der Waals surface area contributed by atoms with Crippen molar-refractivity contribution >= 4 is 5.91 Å². The Hall–Kier alpha value is -0.830. The summed E-state index contributed by atoms with van der Waals surface area (Å²) in [6.45, 7) is 5.23. The van der Waals surface area contributed by atoms with Crippen molar-refractivity contribution in [3.8, 4) is 0 Å². The van der Waals surface area contributed by atoms with Gasteiger partial charge in [0.2, 0.25) is 5.91 Å². The summed E-state index contributed by atoms with van der Waals surface area (Å²) >= 11 is 0.